The SMILES string of the molecule is C=NN(Cc1ccc(COc2ccc(C)c(C)c2)cc1)/C(=C\Cc1ccc(F)cc1)CC/C(=C/C)C/C=C\C. The van der Waals surface area contributed by atoms with Crippen LogP contribution in [0.2, 0.25) is 0 Å². The molecule has 0 aliphatic heterocycles. The number of nitrogens with zero attached hydrogens (tertiary/aromatic N) is 2. The lowest BCUT2D eigenvalue weighted by atomic mass is 10.0. The molecule has 3 aromatic rings. The van der Waals surface area contributed by atoms with Crippen LogP contribution in [0, 0.1) is 19.7 Å². The molecule has 3 aromatic carbocycles. The second-order valence-electron chi connectivity index (χ2n) is 9.80. The van der Waals surface area contributed by atoms with Crippen LogP contribution < -0.4 is 4.74 Å². The highest BCUT2D eigenvalue weighted by Crippen LogP contribution is 2.23. The van der Waals surface area contributed by atoms with Crippen molar-refractivity contribution in [3.05, 3.63) is 136 Å². The first-order chi connectivity index (χ1) is 18.9. The van der Waals surface area contributed by atoms with E-state index < -0.39 is 0 Å². The molecule has 0 aliphatic rings. The summed E-state index contributed by atoms with van der Waals surface area (Å²) in [5, 5.41) is 6.37. The van der Waals surface area contributed by atoms with Crippen molar-refractivity contribution in [3.63, 3.8) is 0 Å². The van der Waals surface area contributed by atoms with E-state index in [1.807, 2.05) is 30.1 Å². The van der Waals surface area contributed by atoms with E-state index in [4.69, 9.17) is 4.74 Å². The minimum Gasteiger partial charge on any atom is -0.489 e. The maximum atomic E-state index is 13.4. The van der Waals surface area contributed by atoms with Crippen molar-refractivity contribution < 1.29 is 9.13 Å². The van der Waals surface area contributed by atoms with Crippen LogP contribution in [0.25, 0.3) is 0 Å². The largest absolute Gasteiger partial charge is 0.489 e. The van der Waals surface area contributed by atoms with E-state index in [1.165, 1.54) is 28.8 Å². The molecule has 0 radical (unpaired) electrons. The molecule has 39 heavy (non-hydrogen) atoms. The van der Waals surface area contributed by atoms with Crippen LogP contribution in [0.1, 0.15) is 60.9 Å². The first-order valence-corrected chi connectivity index (χ1v) is 13.6. The number of aryl methyl sites for hydroxylation is 2. The molecule has 204 valence electrons. The van der Waals surface area contributed by atoms with Gasteiger partial charge in [-0.05, 0) is 105 Å². The third-order valence-electron chi connectivity index (χ3n) is 6.95. The van der Waals surface area contributed by atoms with Crippen LogP contribution >= 0.6 is 0 Å². The lowest BCUT2D eigenvalue weighted by Gasteiger charge is -2.23. The van der Waals surface area contributed by atoms with E-state index >= 15 is 0 Å². The summed E-state index contributed by atoms with van der Waals surface area (Å²) < 4.78 is 19.4. The van der Waals surface area contributed by atoms with Gasteiger partial charge >= 0.3 is 0 Å². The minimum atomic E-state index is -0.220. The zero-order valence-corrected chi connectivity index (χ0v) is 23.8. The van der Waals surface area contributed by atoms with Crippen molar-refractivity contribution in [2.75, 3.05) is 0 Å². The highest BCUT2D eigenvalue weighted by molar-refractivity contribution is 5.34. The Labute approximate surface area is 234 Å². The molecule has 4 heteroatoms. The predicted molar refractivity (Wildman–Crippen MR) is 162 cm³/mol. The zero-order valence-electron chi connectivity index (χ0n) is 23.8. The fraction of sp³-hybridized carbons (Fsp3) is 0.286. The predicted octanol–water partition coefficient (Wildman–Crippen LogP) is 9.26. The lowest BCUT2D eigenvalue weighted by molar-refractivity contribution is 0.305. The van der Waals surface area contributed by atoms with Crippen molar-refractivity contribution >= 4 is 6.72 Å². The summed E-state index contributed by atoms with van der Waals surface area (Å²) in [5.41, 5.74) is 8.30. The van der Waals surface area contributed by atoms with E-state index in [0.717, 1.165) is 47.4 Å². The Balaban J connectivity index is 1.70. The number of hydrogen-bond acceptors (Lipinski definition) is 3. The smallest absolute Gasteiger partial charge is 0.123 e. The van der Waals surface area contributed by atoms with Gasteiger partial charge < -0.3 is 4.74 Å². The van der Waals surface area contributed by atoms with Gasteiger partial charge in [0.25, 0.3) is 0 Å². The highest BCUT2D eigenvalue weighted by Gasteiger charge is 2.11. The number of hydrogen-bond donors (Lipinski definition) is 0. The summed E-state index contributed by atoms with van der Waals surface area (Å²) in [6.07, 6.45) is 12.1. The molecule has 0 atom stereocenters. The first-order valence-electron chi connectivity index (χ1n) is 13.6. The lowest BCUT2D eigenvalue weighted by Crippen LogP contribution is -2.17. The first kappa shape index (κ1) is 29.6. The van der Waals surface area contributed by atoms with Crippen molar-refractivity contribution in [3.8, 4) is 5.75 Å². The van der Waals surface area contributed by atoms with Gasteiger partial charge in [0.15, 0.2) is 0 Å². The molecule has 0 aromatic heterocycles. The average Bonchev–Trinajstić information content (AvgIpc) is 2.95. The van der Waals surface area contributed by atoms with E-state index in [0.29, 0.717) is 19.6 Å². The van der Waals surface area contributed by atoms with E-state index in [1.54, 1.807) is 0 Å². The Hall–Kier alpha value is -3.92. The van der Waals surface area contributed by atoms with Gasteiger partial charge in [0.2, 0.25) is 0 Å². The van der Waals surface area contributed by atoms with Gasteiger partial charge in [0.05, 0.1) is 6.54 Å². The fourth-order valence-corrected chi connectivity index (χ4v) is 4.24. The quantitative estimate of drug-likeness (QED) is 0.119. The summed E-state index contributed by atoms with van der Waals surface area (Å²) in [6, 6.07) is 21.3. The summed E-state index contributed by atoms with van der Waals surface area (Å²) in [4.78, 5) is 0. The maximum Gasteiger partial charge on any atom is 0.123 e. The second-order valence-corrected chi connectivity index (χ2v) is 9.80. The fourth-order valence-electron chi connectivity index (χ4n) is 4.24. The highest BCUT2D eigenvalue weighted by atomic mass is 19.1. The van der Waals surface area contributed by atoms with E-state index in [9.17, 15) is 4.39 Å². The minimum absolute atomic E-state index is 0.220. The molecule has 0 aliphatic carbocycles. The maximum absolute atomic E-state index is 13.4. The van der Waals surface area contributed by atoms with E-state index in [2.05, 4.69) is 93.3 Å². The Morgan fingerprint density at radius 2 is 1.59 bits per heavy atom. The zero-order chi connectivity index (χ0) is 28.0. The third-order valence-corrected chi connectivity index (χ3v) is 6.95. The molecule has 0 fully saturated rings. The molecule has 0 unspecified atom stereocenters. The van der Waals surface area contributed by atoms with Crippen molar-refractivity contribution in [2.24, 2.45) is 5.10 Å². The summed E-state index contributed by atoms with van der Waals surface area (Å²) in [7, 11) is 0. The standard InChI is InChI=1S/C35H41FN2O/c1-6-8-9-29(7-2)17-21-34(22-18-30-15-19-33(36)20-16-30)38(37-5)25-31-11-13-32(14-12-31)26-39-35-23-10-27(3)28(4)24-35/h6-8,10-16,19-20,22-24H,5,9,17-18,21,25-26H2,1-4H3/b8-6-,29-7+,34-22-. The number of halogens is 1. The summed E-state index contributed by atoms with van der Waals surface area (Å²) in [6.45, 7) is 13.4. The normalized spacial score (nSPS) is 12.1. The number of hydrazone groups is 1. The van der Waals surface area contributed by atoms with Crippen LogP contribution in [-0.4, -0.2) is 11.7 Å². The topological polar surface area (TPSA) is 24.8 Å². The van der Waals surface area contributed by atoms with Gasteiger partial charge in [-0.25, -0.2) is 4.39 Å². The molecule has 0 spiro atoms. The summed E-state index contributed by atoms with van der Waals surface area (Å²) in [5.74, 6) is 0.664. The second kappa shape index (κ2) is 15.5. The van der Waals surface area contributed by atoms with Gasteiger partial charge in [-0.15, -0.1) is 0 Å². The molecule has 3 nitrogen and oxygen atoms in total. The molecule has 0 heterocycles. The van der Waals surface area contributed by atoms with Crippen LogP contribution in [-0.2, 0) is 19.6 Å². The number of allylic oxidation sites excluding steroid dienone is 6. The van der Waals surface area contributed by atoms with Crippen LogP contribution in [0.5, 0.6) is 5.75 Å². The molecule has 0 saturated heterocycles. The molecular weight excluding hydrogens is 483 g/mol. The number of ether oxygens (including phenoxy) is 1. The summed E-state index contributed by atoms with van der Waals surface area (Å²) >= 11 is 0. The molecule has 0 N–H and O–H groups in total. The molecule has 0 amide bonds. The number of benzene rings is 3. The van der Waals surface area contributed by atoms with Crippen molar-refractivity contribution in [1.82, 2.24) is 5.01 Å². The van der Waals surface area contributed by atoms with Gasteiger partial charge in [-0.3, -0.25) is 5.01 Å². The van der Waals surface area contributed by atoms with E-state index in [-0.39, 0.29) is 5.82 Å². The van der Waals surface area contributed by atoms with Gasteiger partial charge in [-0.2, -0.15) is 5.10 Å². The Kier molecular flexibility index (Phi) is 11.8. The van der Waals surface area contributed by atoms with Gasteiger partial charge in [-0.1, -0.05) is 72.3 Å². The Bertz CT molecular complexity index is 1290. The van der Waals surface area contributed by atoms with Crippen LogP contribution in [0.4, 0.5) is 4.39 Å². The third kappa shape index (κ3) is 9.72. The van der Waals surface area contributed by atoms with Crippen molar-refractivity contribution in [1.29, 1.82) is 0 Å². The molecular formula is C35H41FN2O. The monoisotopic (exact) mass is 524 g/mol. The average molecular weight is 525 g/mol. The van der Waals surface area contributed by atoms with Crippen molar-refractivity contribution in [2.45, 2.75) is 66.5 Å². The molecule has 0 saturated carbocycles. The Morgan fingerprint density at radius 3 is 2.23 bits per heavy atom. The molecule has 0 bridgehead atoms. The van der Waals surface area contributed by atoms with Gasteiger partial charge in [0.1, 0.15) is 18.2 Å². The van der Waals surface area contributed by atoms with Crippen LogP contribution in [0.15, 0.2) is 107 Å². The molecule has 3 rings (SSSR count). The number of rotatable bonds is 14. The van der Waals surface area contributed by atoms with Gasteiger partial charge in [0, 0.05) is 12.4 Å². The van der Waals surface area contributed by atoms with Crippen LogP contribution in [0.3, 0.4) is 0 Å². The Morgan fingerprint density at radius 1 is 0.897 bits per heavy atom.